The Kier molecular flexibility index (Phi) is 3.16. The molecule has 0 spiro atoms. The van der Waals surface area contributed by atoms with E-state index < -0.39 is 11.7 Å². The van der Waals surface area contributed by atoms with Crippen molar-refractivity contribution in [2.45, 2.75) is 31.5 Å². The number of benzene rings is 1. The van der Waals surface area contributed by atoms with Crippen LogP contribution in [0.4, 0.5) is 13.2 Å². The van der Waals surface area contributed by atoms with Crippen LogP contribution < -0.4 is 0 Å². The second kappa shape index (κ2) is 4.73. The number of aromatic nitrogens is 3. The highest BCUT2D eigenvalue weighted by molar-refractivity contribution is 7.71. The molecule has 0 unspecified atom stereocenters. The third kappa shape index (κ3) is 2.63. The molecular weight excluding hydrogens is 287 g/mol. The highest BCUT2D eigenvalue weighted by Crippen LogP contribution is 2.39. The van der Waals surface area contributed by atoms with Crippen LogP contribution in [0.2, 0.25) is 0 Å². The zero-order valence-electron chi connectivity index (χ0n) is 10.4. The summed E-state index contributed by atoms with van der Waals surface area (Å²) in [5, 5.41) is 6.95. The van der Waals surface area contributed by atoms with Crippen LogP contribution in [0.15, 0.2) is 24.3 Å². The van der Waals surface area contributed by atoms with Crippen LogP contribution in [0.3, 0.4) is 0 Å². The van der Waals surface area contributed by atoms with E-state index in [2.05, 4.69) is 10.2 Å². The summed E-state index contributed by atoms with van der Waals surface area (Å²) in [7, 11) is 0. The Bertz CT molecular complexity index is 665. The molecule has 1 heterocycles. The van der Waals surface area contributed by atoms with Gasteiger partial charge in [0.25, 0.3) is 0 Å². The molecule has 0 bridgehead atoms. The molecule has 3 rings (SSSR count). The predicted molar refractivity (Wildman–Crippen MR) is 69.9 cm³/mol. The largest absolute Gasteiger partial charge is 0.416 e. The van der Waals surface area contributed by atoms with Gasteiger partial charge in [-0.15, -0.1) is 0 Å². The van der Waals surface area contributed by atoms with Gasteiger partial charge >= 0.3 is 6.18 Å². The van der Waals surface area contributed by atoms with Gasteiger partial charge in [-0.2, -0.15) is 18.3 Å². The standard InChI is InChI=1S/C13H12F3N3S/c14-13(15,16)10-5-1-8(2-6-10)7-19-11(9-3-4-9)17-18-12(19)20/h1-2,5-6,9H,3-4,7H2,(H,18,20). The molecule has 0 radical (unpaired) electrons. The van der Waals surface area contributed by atoms with Crippen molar-refractivity contribution in [3.05, 3.63) is 46.0 Å². The van der Waals surface area contributed by atoms with Crippen molar-refractivity contribution in [1.29, 1.82) is 0 Å². The van der Waals surface area contributed by atoms with Gasteiger partial charge in [-0.3, -0.25) is 9.67 Å². The van der Waals surface area contributed by atoms with E-state index in [1.807, 2.05) is 4.57 Å². The van der Waals surface area contributed by atoms with Gasteiger partial charge in [0, 0.05) is 5.92 Å². The topological polar surface area (TPSA) is 33.6 Å². The number of alkyl halides is 3. The first kappa shape index (κ1) is 13.4. The fourth-order valence-electron chi connectivity index (χ4n) is 2.12. The summed E-state index contributed by atoms with van der Waals surface area (Å²) < 4.78 is 39.9. The maximum absolute atomic E-state index is 12.5. The molecule has 2 aromatic rings. The Morgan fingerprint density at radius 1 is 1.25 bits per heavy atom. The quantitative estimate of drug-likeness (QED) is 0.872. The molecule has 1 N–H and O–H groups in total. The number of aromatic amines is 1. The molecular formula is C13H12F3N3S. The monoisotopic (exact) mass is 299 g/mol. The fraction of sp³-hybridized carbons (Fsp3) is 0.385. The summed E-state index contributed by atoms with van der Waals surface area (Å²) in [5.41, 5.74) is 0.136. The van der Waals surface area contributed by atoms with Crippen LogP contribution in [-0.2, 0) is 12.7 Å². The number of H-pyrrole nitrogens is 1. The summed E-state index contributed by atoms with van der Waals surface area (Å²) in [4.78, 5) is 0. The number of rotatable bonds is 3. The lowest BCUT2D eigenvalue weighted by atomic mass is 10.1. The number of hydrogen-bond acceptors (Lipinski definition) is 2. The van der Waals surface area contributed by atoms with Crippen molar-refractivity contribution < 1.29 is 13.2 Å². The Morgan fingerprint density at radius 2 is 1.90 bits per heavy atom. The van der Waals surface area contributed by atoms with Crippen molar-refractivity contribution in [3.63, 3.8) is 0 Å². The number of hydrogen-bond donors (Lipinski definition) is 1. The summed E-state index contributed by atoms with van der Waals surface area (Å²) in [6.45, 7) is 0.444. The molecule has 20 heavy (non-hydrogen) atoms. The summed E-state index contributed by atoms with van der Waals surface area (Å²) in [6, 6.07) is 5.15. The van der Waals surface area contributed by atoms with Gasteiger partial charge in [0.15, 0.2) is 4.77 Å². The van der Waals surface area contributed by atoms with E-state index in [1.54, 1.807) is 0 Å². The molecule has 1 aliphatic rings. The molecule has 0 atom stereocenters. The van der Waals surface area contributed by atoms with Crippen molar-refractivity contribution in [2.24, 2.45) is 0 Å². The molecule has 0 saturated heterocycles. The lowest BCUT2D eigenvalue weighted by molar-refractivity contribution is -0.137. The minimum absolute atomic E-state index is 0.428. The SMILES string of the molecule is FC(F)(F)c1ccc(Cn2c(C3CC3)n[nH]c2=S)cc1. The molecule has 1 fully saturated rings. The second-order valence-electron chi connectivity index (χ2n) is 4.94. The first-order chi connectivity index (χ1) is 9.45. The second-order valence-corrected chi connectivity index (χ2v) is 5.33. The van der Waals surface area contributed by atoms with Gasteiger partial charge in [0.2, 0.25) is 0 Å². The molecule has 7 heteroatoms. The summed E-state index contributed by atoms with van der Waals surface area (Å²) >= 11 is 5.17. The lowest BCUT2D eigenvalue weighted by Crippen LogP contribution is -2.07. The Labute approximate surface area is 118 Å². The predicted octanol–water partition coefficient (Wildman–Crippen LogP) is 3.89. The van der Waals surface area contributed by atoms with Crippen molar-refractivity contribution in [1.82, 2.24) is 14.8 Å². The van der Waals surface area contributed by atoms with Crippen LogP contribution >= 0.6 is 12.2 Å². The normalized spacial score (nSPS) is 15.6. The third-order valence-corrected chi connectivity index (χ3v) is 3.66. The van der Waals surface area contributed by atoms with Crippen LogP contribution in [0.1, 0.15) is 35.7 Å². The zero-order valence-corrected chi connectivity index (χ0v) is 11.3. The van der Waals surface area contributed by atoms with Crippen LogP contribution in [0, 0.1) is 4.77 Å². The van der Waals surface area contributed by atoms with E-state index in [0.717, 1.165) is 36.4 Å². The molecule has 0 aliphatic heterocycles. The number of nitrogens with zero attached hydrogens (tertiary/aromatic N) is 2. The van der Waals surface area contributed by atoms with E-state index in [1.165, 1.54) is 12.1 Å². The summed E-state index contributed by atoms with van der Waals surface area (Å²) in [6.07, 6.45) is -2.12. The molecule has 1 aromatic heterocycles. The van der Waals surface area contributed by atoms with Gasteiger partial charge < -0.3 is 0 Å². The first-order valence-corrected chi connectivity index (χ1v) is 6.67. The Hall–Kier alpha value is -1.63. The number of nitrogens with one attached hydrogen (secondary N) is 1. The lowest BCUT2D eigenvalue weighted by Gasteiger charge is -2.09. The van der Waals surface area contributed by atoms with Gasteiger partial charge in [-0.25, -0.2) is 0 Å². The van der Waals surface area contributed by atoms with Gasteiger partial charge in [0.05, 0.1) is 12.1 Å². The van der Waals surface area contributed by atoms with Crippen LogP contribution in [-0.4, -0.2) is 14.8 Å². The number of halogens is 3. The van der Waals surface area contributed by atoms with Crippen molar-refractivity contribution >= 4 is 12.2 Å². The van der Waals surface area contributed by atoms with E-state index in [-0.39, 0.29) is 0 Å². The fourth-order valence-corrected chi connectivity index (χ4v) is 2.32. The van der Waals surface area contributed by atoms with E-state index in [9.17, 15) is 13.2 Å². The van der Waals surface area contributed by atoms with E-state index >= 15 is 0 Å². The minimum atomic E-state index is -4.30. The van der Waals surface area contributed by atoms with Gasteiger partial charge in [-0.1, -0.05) is 12.1 Å². The smallest absolute Gasteiger partial charge is 0.299 e. The summed E-state index contributed by atoms with van der Waals surface area (Å²) in [5.74, 6) is 1.33. The van der Waals surface area contributed by atoms with Gasteiger partial charge in [0.1, 0.15) is 5.82 Å². The van der Waals surface area contributed by atoms with E-state index in [0.29, 0.717) is 17.2 Å². The van der Waals surface area contributed by atoms with Crippen LogP contribution in [0.5, 0.6) is 0 Å². The third-order valence-electron chi connectivity index (χ3n) is 3.35. The molecule has 3 nitrogen and oxygen atoms in total. The average molecular weight is 299 g/mol. The van der Waals surface area contributed by atoms with E-state index in [4.69, 9.17) is 12.2 Å². The maximum atomic E-state index is 12.5. The zero-order chi connectivity index (χ0) is 14.3. The van der Waals surface area contributed by atoms with Crippen molar-refractivity contribution in [3.8, 4) is 0 Å². The highest BCUT2D eigenvalue weighted by Gasteiger charge is 2.30. The highest BCUT2D eigenvalue weighted by atomic mass is 32.1. The Morgan fingerprint density at radius 3 is 2.45 bits per heavy atom. The molecule has 0 amide bonds. The maximum Gasteiger partial charge on any atom is 0.416 e. The molecule has 106 valence electrons. The van der Waals surface area contributed by atoms with Gasteiger partial charge in [-0.05, 0) is 42.8 Å². The van der Waals surface area contributed by atoms with Crippen molar-refractivity contribution in [2.75, 3.05) is 0 Å². The average Bonchev–Trinajstić information content (AvgIpc) is 3.16. The van der Waals surface area contributed by atoms with Crippen LogP contribution in [0.25, 0.3) is 0 Å². The minimum Gasteiger partial charge on any atom is -0.299 e. The molecule has 1 saturated carbocycles. The molecule has 1 aliphatic carbocycles. The first-order valence-electron chi connectivity index (χ1n) is 6.26. The Balaban J connectivity index is 1.85. The molecule has 1 aromatic carbocycles.